The van der Waals surface area contributed by atoms with Crippen LogP contribution in [0.15, 0.2) is 30.3 Å². The van der Waals surface area contributed by atoms with Crippen LogP contribution in [0.4, 0.5) is 5.69 Å². The molecule has 24 heavy (non-hydrogen) atoms. The van der Waals surface area contributed by atoms with Gasteiger partial charge in [0.05, 0.1) is 4.92 Å². The highest BCUT2D eigenvalue weighted by Gasteiger charge is 2.53. The molecule has 0 saturated heterocycles. The molecule has 3 aliphatic rings. The van der Waals surface area contributed by atoms with E-state index >= 15 is 0 Å². The average Bonchev–Trinajstić information content (AvgIpc) is 3.26. The zero-order valence-corrected chi connectivity index (χ0v) is 13.6. The summed E-state index contributed by atoms with van der Waals surface area (Å²) in [6.07, 6.45) is 9.64. The maximum atomic E-state index is 12.2. The van der Waals surface area contributed by atoms with E-state index in [9.17, 15) is 14.9 Å². The number of nitrogens with one attached hydrogen (secondary N) is 1. The summed E-state index contributed by atoms with van der Waals surface area (Å²) < 4.78 is 0. The molecule has 1 aromatic carbocycles. The van der Waals surface area contributed by atoms with Gasteiger partial charge in [0.1, 0.15) is 0 Å². The summed E-state index contributed by atoms with van der Waals surface area (Å²) in [6, 6.07) is 6.63. The normalized spacial score (nSPS) is 33.8. The lowest BCUT2D eigenvalue weighted by Gasteiger charge is -2.31. The van der Waals surface area contributed by atoms with Crippen molar-refractivity contribution in [2.75, 3.05) is 0 Å². The topological polar surface area (TPSA) is 72.2 Å². The van der Waals surface area contributed by atoms with Gasteiger partial charge in [-0.15, -0.1) is 0 Å². The second-order valence-electron chi connectivity index (χ2n) is 7.45. The van der Waals surface area contributed by atoms with Crippen molar-refractivity contribution in [3.63, 3.8) is 0 Å². The summed E-state index contributed by atoms with van der Waals surface area (Å²) in [4.78, 5) is 22.6. The summed E-state index contributed by atoms with van der Waals surface area (Å²) in [6.45, 7) is 0. The monoisotopic (exact) mass is 326 g/mol. The number of carbonyl (C=O) groups excluding carboxylic acids is 1. The highest BCUT2D eigenvalue weighted by molar-refractivity contribution is 5.92. The second kappa shape index (κ2) is 6.04. The number of nitro benzene ring substituents is 1. The van der Waals surface area contributed by atoms with Crippen LogP contribution in [0, 0.1) is 33.8 Å². The molecule has 0 aliphatic heterocycles. The van der Waals surface area contributed by atoms with Gasteiger partial charge in [0.25, 0.3) is 5.69 Å². The molecule has 3 fully saturated rings. The van der Waals surface area contributed by atoms with Crippen molar-refractivity contribution >= 4 is 17.7 Å². The van der Waals surface area contributed by atoms with Gasteiger partial charge in [-0.25, -0.2) is 0 Å². The lowest BCUT2D eigenvalue weighted by molar-refractivity contribution is -0.384. The number of fused-ring (bicyclic) bond motifs is 5. The first-order valence-corrected chi connectivity index (χ1v) is 8.85. The molecule has 3 aliphatic carbocycles. The predicted octanol–water partition coefficient (Wildman–Crippen LogP) is 3.55. The lowest BCUT2D eigenvalue weighted by Crippen LogP contribution is -2.41. The fraction of sp³-hybridized carbons (Fsp3) is 0.526. The standard InChI is InChI=1S/C19H22N2O3/c22-19(8-7-12-3-1-4-14(9-12)21(23)24)20-18-11-13-10-17(18)16-6-2-5-15(13)16/h1,3-4,7-9,13,15-18H,2,5-6,10-11H2,(H,20,22)/b8-7+/t13-,15-,16+,17+,18-/m1/s1. The van der Waals surface area contributed by atoms with Crippen molar-refractivity contribution in [2.24, 2.45) is 23.7 Å². The Balaban J connectivity index is 1.37. The molecule has 0 unspecified atom stereocenters. The third-order valence-electron chi connectivity index (χ3n) is 6.26. The summed E-state index contributed by atoms with van der Waals surface area (Å²) in [7, 11) is 0. The molecule has 2 bridgehead atoms. The van der Waals surface area contributed by atoms with Crippen LogP contribution in [-0.2, 0) is 4.79 Å². The van der Waals surface area contributed by atoms with Crippen LogP contribution in [0.2, 0.25) is 0 Å². The Labute approximate surface area is 141 Å². The van der Waals surface area contributed by atoms with Gasteiger partial charge in [-0.3, -0.25) is 14.9 Å². The van der Waals surface area contributed by atoms with Crippen LogP contribution < -0.4 is 5.32 Å². The molecule has 126 valence electrons. The van der Waals surface area contributed by atoms with E-state index in [4.69, 9.17) is 0 Å². The Morgan fingerprint density at radius 2 is 2.04 bits per heavy atom. The molecule has 5 heteroatoms. The molecule has 1 N–H and O–H groups in total. The Morgan fingerprint density at radius 1 is 1.21 bits per heavy atom. The van der Waals surface area contributed by atoms with Gasteiger partial charge in [0.2, 0.25) is 5.91 Å². The van der Waals surface area contributed by atoms with Crippen molar-refractivity contribution in [1.82, 2.24) is 5.32 Å². The van der Waals surface area contributed by atoms with Crippen LogP contribution in [-0.4, -0.2) is 16.9 Å². The number of hydrogen-bond donors (Lipinski definition) is 1. The van der Waals surface area contributed by atoms with Crippen LogP contribution in [0.25, 0.3) is 6.08 Å². The van der Waals surface area contributed by atoms with Gasteiger partial charge in [-0.05, 0) is 61.0 Å². The number of non-ortho nitro benzene ring substituents is 1. The number of nitro groups is 1. The van der Waals surface area contributed by atoms with Gasteiger partial charge in [-0.2, -0.15) is 0 Å². The van der Waals surface area contributed by atoms with Gasteiger partial charge in [0.15, 0.2) is 0 Å². The Hall–Kier alpha value is -2.17. The molecule has 5 nitrogen and oxygen atoms in total. The van der Waals surface area contributed by atoms with Gasteiger partial charge in [-0.1, -0.05) is 18.6 Å². The van der Waals surface area contributed by atoms with Gasteiger partial charge < -0.3 is 5.32 Å². The predicted molar refractivity (Wildman–Crippen MR) is 91.1 cm³/mol. The van der Waals surface area contributed by atoms with Crippen LogP contribution >= 0.6 is 0 Å². The minimum atomic E-state index is -0.426. The van der Waals surface area contributed by atoms with Crippen molar-refractivity contribution in [3.05, 3.63) is 46.0 Å². The molecule has 4 rings (SSSR count). The van der Waals surface area contributed by atoms with Crippen LogP contribution in [0.1, 0.15) is 37.7 Å². The Bertz CT molecular complexity index is 700. The molecule has 1 aromatic rings. The second-order valence-corrected chi connectivity index (χ2v) is 7.45. The van der Waals surface area contributed by atoms with Crippen LogP contribution in [0.3, 0.4) is 0 Å². The number of benzene rings is 1. The van der Waals surface area contributed by atoms with E-state index in [1.54, 1.807) is 18.2 Å². The zero-order valence-electron chi connectivity index (χ0n) is 13.6. The molecular weight excluding hydrogens is 304 g/mol. The molecule has 0 aromatic heterocycles. The smallest absolute Gasteiger partial charge is 0.270 e. The largest absolute Gasteiger partial charge is 0.350 e. The molecule has 0 heterocycles. The van der Waals surface area contributed by atoms with Crippen molar-refractivity contribution in [2.45, 2.75) is 38.1 Å². The lowest BCUT2D eigenvalue weighted by atomic mass is 9.79. The number of nitrogens with zero attached hydrogens (tertiary/aromatic N) is 1. The van der Waals surface area contributed by atoms with E-state index in [2.05, 4.69) is 5.32 Å². The fourth-order valence-electron chi connectivity index (χ4n) is 5.38. The Kier molecular flexibility index (Phi) is 3.87. The molecule has 3 saturated carbocycles. The quantitative estimate of drug-likeness (QED) is 0.522. The number of hydrogen-bond acceptors (Lipinski definition) is 3. The molecule has 1 amide bonds. The minimum Gasteiger partial charge on any atom is -0.350 e. The molecule has 5 atom stereocenters. The van der Waals surface area contributed by atoms with Crippen LogP contribution in [0.5, 0.6) is 0 Å². The summed E-state index contributed by atoms with van der Waals surface area (Å²) in [5.74, 6) is 3.14. The maximum absolute atomic E-state index is 12.2. The first-order valence-electron chi connectivity index (χ1n) is 8.85. The maximum Gasteiger partial charge on any atom is 0.270 e. The number of carbonyl (C=O) groups is 1. The summed E-state index contributed by atoms with van der Waals surface area (Å²) >= 11 is 0. The van der Waals surface area contributed by atoms with Crippen molar-refractivity contribution < 1.29 is 9.72 Å². The summed E-state index contributed by atoms with van der Waals surface area (Å²) in [5.41, 5.74) is 0.709. The van der Waals surface area contributed by atoms with Gasteiger partial charge in [0, 0.05) is 24.3 Å². The third-order valence-corrected chi connectivity index (χ3v) is 6.26. The van der Waals surface area contributed by atoms with E-state index < -0.39 is 4.92 Å². The van der Waals surface area contributed by atoms with E-state index in [-0.39, 0.29) is 11.6 Å². The molecular formula is C19H22N2O3. The van der Waals surface area contributed by atoms with E-state index in [1.165, 1.54) is 43.9 Å². The minimum absolute atomic E-state index is 0.0398. The fourth-order valence-corrected chi connectivity index (χ4v) is 5.38. The third kappa shape index (κ3) is 2.72. The Morgan fingerprint density at radius 3 is 2.88 bits per heavy atom. The van der Waals surface area contributed by atoms with Crippen molar-refractivity contribution in [3.8, 4) is 0 Å². The van der Waals surface area contributed by atoms with E-state index in [0.717, 1.165) is 24.2 Å². The highest BCUT2D eigenvalue weighted by atomic mass is 16.6. The molecule has 0 spiro atoms. The first kappa shape index (κ1) is 15.4. The number of amides is 1. The number of rotatable bonds is 4. The van der Waals surface area contributed by atoms with Crippen molar-refractivity contribution in [1.29, 1.82) is 0 Å². The average molecular weight is 326 g/mol. The SMILES string of the molecule is O=C(/C=C/c1cccc([N+](=O)[O-])c1)N[C@@H]1C[C@H]2C[C@H]1[C@H]1CCC[C@H]21. The molecule has 0 radical (unpaired) electrons. The van der Waals surface area contributed by atoms with Gasteiger partial charge >= 0.3 is 0 Å². The zero-order chi connectivity index (χ0) is 16.7. The van der Waals surface area contributed by atoms with E-state index in [1.807, 2.05) is 0 Å². The summed E-state index contributed by atoms with van der Waals surface area (Å²) in [5, 5.41) is 14.0. The van der Waals surface area contributed by atoms with E-state index in [0.29, 0.717) is 17.5 Å². The first-order chi connectivity index (χ1) is 11.6. The highest BCUT2D eigenvalue weighted by Crippen LogP contribution is 2.58.